The number of carbonyl (C=O) groups excluding carboxylic acids is 1. The summed E-state index contributed by atoms with van der Waals surface area (Å²) in [5.74, 6) is 0.533. The van der Waals surface area contributed by atoms with Crippen LogP contribution in [0, 0.1) is 5.92 Å². The first-order chi connectivity index (χ1) is 10.3. The number of hydrogen-bond acceptors (Lipinski definition) is 2. The third-order valence-corrected chi connectivity index (χ3v) is 4.51. The highest BCUT2D eigenvalue weighted by atomic mass is 16.2. The monoisotopic (exact) mass is 288 g/mol. The summed E-state index contributed by atoms with van der Waals surface area (Å²) in [5, 5.41) is 3.48. The second-order valence-corrected chi connectivity index (χ2v) is 5.95. The van der Waals surface area contributed by atoms with E-state index in [4.69, 9.17) is 0 Å². The molecule has 116 valence electrons. The van der Waals surface area contributed by atoms with Crippen LogP contribution in [0.1, 0.15) is 38.7 Å². The van der Waals surface area contributed by atoms with Gasteiger partial charge in [-0.25, -0.2) is 0 Å². The third-order valence-electron chi connectivity index (χ3n) is 4.51. The lowest BCUT2D eigenvalue weighted by molar-refractivity contribution is -0.137. The van der Waals surface area contributed by atoms with Gasteiger partial charge in [-0.1, -0.05) is 44.2 Å². The van der Waals surface area contributed by atoms with Crippen molar-refractivity contribution in [2.45, 2.75) is 45.6 Å². The van der Waals surface area contributed by atoms with Gasteiger partial charge in [0.15, 0.2) is 0 Å². The summed E-state index contributed by atoms with van der Waals surface area (Å²) in [6, 6.07) is 10.8. The number of amides is 1. The molecule has 1 aromatic carbocycles. The van der Waals surface area contributed by atoms with Crippen LogP contribution in [0.5, 0.6) is 0 Å². The van der Waals surface area contributed by atoms with Crippen molar-refractivity contribution in [3.63, 3.8) is 0 Å². The Labute approximate surface area is 128 Å². The molecule has 1 unspecified atom stereocenters. The highest BCUT2D eigenvalue weighted by Crippen LogP contribution is 2.18. The summed E-state index contributed by atoms with van der Waals surface area (Å²) in [4.78, 5) is 15.0. The third kappa shape index (κ3) is 4.31. The van der Waals surface area contributed by atoms with Gasteiger partial charge in [-0.15, -0.1) is 0 Å². The molecular weight excluding hydrogens is 260 g/mol. The van der Waals surface area contributed by atoms with Crippen LogP contribution in [-0.2, 0) is 11.2 Å². The lowest BCUT2D eigenvalue weighted by Crippen LogP contribution is -2.47. The molecule has 1 saturated heterocycles. The number of nitrogens with one attached hydrogen (secondary N) is 1. The van der Waals surface area contributed by atoms with E-state index in [1.54, 1.807) is 0 Å². The highest BCUT2D eigenvalue weighted by Gasteiger charge is 2.28. The Hall–Kier alpha value is -1.35. The van der Waals surface area contributed by atoms with E-state index in [1.807, 2.05) is 6.07 Å². The van der Waals surface area contributed by atoms with Gasteiger partial charge in [-0.3, -0.25) is 4.79 Å². The largest absolute Gasteiger partial charge is 0.338 e. The predicted molar refractivity (Wildman–Crippen MR) is 87.2 cm³/mol. The molecule has 1 fully saturated rings. The molecule has 0 spiro atoms. The van der Waals surface area contributed by atoms with Crippen molar-refractivity contribution in [3.8, 4) is 0 Å². The maximum absolute atomic E-state index is 12.8. The SMILES string of the molecule is CCC(CC)C(=O)N1CCCNCC1Cc1ccccc1. The summed E-state index contributed by atoms with van der Waals surface area (Å²) in [7, 11) is 0. The molecule has 0 aromatic heterocycles. The van der Waals surface area contributed by atoms with Crippen molar-refractivity contribution >= 4 is 5.91 Å². The molecule has 1 aliphatic heterocycles. The molecule has 3 nitrogen and oxygen atoms in total. The second kappa shape index (κ2) is 8.18. The Kier molecular flexibility index (Phi) is 6.24. The van der Waals surface area contributed by atoms with Crippen LogP contribution in [0.25, 0.3) is 0 Å². The number of benzene rings is 1. The minimum Gasteiger partial charge on any atom is -0.338 e. The standard InChI is InChI=1S/C18H28N2O/c1-3-16(4-2)18(21)20-12-8-11-19-14-17(20)13-15-9-6-5-7-10-15/h5-7,9-10,16-17,19H,3-4,8,11-14H2,1-2H3. The lowest BCUT2D eigenvalue weighted by Gasteiger charge is -2.32. The number of carbonyl (C=O) groups is 1. The van der Waals surface area contributed by atoms with E-state index in [9.17, 15) is 4.79 Å². The maximum Gasteiger partial charge on any atom is 0.225 e. The van der Waals surface area contributed by atoms with E-state index in [0.717, 1.165) is 45.3 Å². The molecule has 0 bridgehead atoms. The van der Waals surface area contributed by atoms with Crippen LogP contribution in [0.3, 0.4) is 0 Å². The molecule has 1 N–H and O–H groups in total. The quantitative estimate of drug-likeness (QED) is 0.903. The van der Waals surface area contributed by atoms with E-state index in [2.05, 4.69) is 48.3 Å². The zero-order valence-electron chi connectivity index (χ0n) is 13.3. The molecule has 0 radical (unpaired) electrons. The van der Waals surface area contributed by atoms with Crippen molar-refractivity contribution in [2.75, 3.05) is 19.6 Å². The summed E-state index contributed by atoms with van der Waals surface area (Å²) in [6.45, 7) is 7.04. The van der Waals surface area contributed by atoms with Crippen LogP contribution in [-0.4, -0.2) is 36.5 Å². The first-order valence-corrected chi connectivity index (χ1v) is 8.31. The van der Waals surface area contributed by atoms with Crippen LogP contribution < -0.4 is 5.32 Å². The molecule has 3 heteroatoms. The first kappa shape index (κ1) is 16.0. The van der Waals surface area contributed by atoms with Crippen LogP contribution in [0.2, 0.25) is 0 Å². The minimum atomic E-state index is 0.182. The zero-order valence-corrected chi connectivity index (χ0v) is 13.3. The van der Waals surface area contributed by atoms with Crippen LogP contribution in [0.15, 0.2) is 30.3 Å². The van der Waals surface area contributed by atoms with Gasteiger partial charge >= 0.3 is 0 Å². The van der Waals surface area contributed by atoms with E-state index >= 15 is 0 Å². The zero-order chi connectivity index (χ0) is 15.1. The molecule has 0 saturated carbocycles. The molecule has 1 aromatic rings. The van der Waals surface area contributed by atoms with E-state index < -0.39 is 0 Å². The van der Waals surface area contributed by atoms with Gasteiger partial charge in [0.05, 0.1) is 0 Å². The normalized spacial score (nSPS) is 19.6. The van der Waals surface area contributed by atoms with Gasteiger partial charge in [0.2, 0.25) is 5.91 Å². The van der Waals surface area contributed by atoms with Gasteiger partial charge in [0.25, 0.3) is 0 Å². The van der Waals surface area contributed by atoms with Crippen LogP contribution >= 0.6 is 0 Å². The summed E-state index contributed by atoms with van der Waals surface area (Å²) in [5.41, 5.74) is 1.31. The smallest absolute Gasteiger partial charge is 0.225 e. The van der Waals surface area contributed by atoms with E-state index in [0.29, 0.717) is 5.91 Å². The molecule has 0 aliphatic carbocycles. The van der Waals surface area contributed by atoms with E-state index in [1.165, 1.54) is 5.56 Å². The summed E-state index contributed by atoms with van der Waals surface area (Å²) < 4.78 is 0. The van der Waals surface area contributed by atoms with Gasteiger partial charge in [0, 0.05) is 25.0 Å². The Morgan fingerprint density at radius 1 is 1.29 bits per heavy atom. The molecule has 2 rings (SSSR count). The fourth-order valence-electron chi connectivity index (χ4n) is 3.17. The average Bonchev–Trinajstić information content (AvgIpc) is 2.75. The van der Waals surface area contributed by atoms with Crippen molar-refractivity contribution in [1.29, 1.82) is 0 Å². The Morgan fingerprint density at radius 2 is 2.00 bits per heavy atom. The second-order valence-electron chi connectivity index (χ2n) is 5.95. The lowest BCUT2D eigenvalue weighted by atomic mass is 9.98. The van der Waals surface area contributed by atoms with Crippen molar-refractivity contribution in [3.05, 3.63) is 35.9 Å². The Balaban J connectivity index is 2.12. The fraction of sp³-hybridized carbons (Fsp3) is 0.611. The molecule has 1 heterocycles. The maximum atomic E-state index is 12.8. The van der Waals surface area contributed by atoms with Gasteiger partial charge < -0.3 is 10.2 Å². The fourth-order valence-corrected chi connectivity index (χ4v) is 3.17. The Bertz CT molecular complexity index is 428. The average molecular weight is 288 g/mol. The Morgan fingerprint density at radius 3 is 2.67 bits per heavy atom. The molecule has 21 heavy (non-hydrogen) atoms. The number of rotatable bonds is 5. The number of hydrogen-bond donors (Lipinski definition) is 1. The van der Waals surface area contributed by atoms with Gasteiger partial charge in [0.1, 0.15) is 0 Å². The topological polar surface area (TPSA) is 32.3 Å². The van der Waals surface area contributed by atoms with Crippen molar-refractivity contribution in [1.82, 2.24) is 10.2 Å². The summed E-state index contributed by atoms with van der Waals surface area (Å²) in [6.07, 6.45) is 3.88. The highest BCUT2D eigenvalue weighted by molar-refractivity contribution is 5.79. The van der Waals surface area contributed by atoms with E-state index in [-0.39, 0.29) is 12.0 Å². The van der Waals surface area contributed by atoms with Gasteiger partial charge in [-0.05, 0) is 37.8 Å². The predicted octanol–water partition coefficient (Wildman–Crippen LogP) is 2.86. The number of nitrogens with zero attached hydrogens (tertiary/aromatic N) is 1. The van der Waals surface area contributed by atoms with Crippen molar-refractivity contribution in [2.24, 2.45) is 5.92 Å². The molecular formula is C18H28N2O. The van der Waals surface area contributed by atoms with Crippen molar-refractivity contribution < 1.29 is 4.79 Å². The molecule has 1 amide bonds. The molecule has 1 atom stereocenters. The molecule has 1 aliphatic rings. The van der Waals surface area contributed by atoms with Crippen LogP contribution in [0.4, 0.5) is 0 Å². The first-order valence-electron chi connectivity index (χ1n) is 8.31. The van der Waals surface area contributed by atoms with Gasteiger partial charge in [-0.2, -0.15) is 0 Å². The minimum absolute atomic E-state index is 0.182. The summed E-state index contributed by atoms with van der Waals surface area (Å²) >= 11 is 0.